The molecule has 0 saturated carbocycles. The summed E-state index contributed by atoms with van der Waals surface area (Å²) in [5, 5.41) is 0.486. The summed E-state index contributed by atoms with van der Waals surface area (Å²) in [6.45, 7) is 1.96. The molecule has 0 radical (unpaired) electrons. The topological polar surface area (TPSA) is 29.5 Å². The van der Waals surface area contributed by atoms with Crippen molar-refractivity contribution in [1.29, 1.82) is 0 Å². The van der Waals surface area contributed by atoms with Crippen LogP contribution in [0.1, 0.15) is 16.8 Å². The summed E-state index contributed by atoms with van der Waals surface area (Å²) in [5.74, 6) is -0.0287. The fourth-order valence-electron chi connectivity index (χ4n) is 2.04. The second-order valence-corrected chi connectivity index (χ2v) is 5.74. The van der Waals surface area contributed by atoms with Gasteiger partial charge < -0.3 is 9.64 Å². The van der Waals surface area contributed by atoms with Crippen molar-refractivity contribution >= 4 is 33.4 Å². The first-order chi connectivity index (χ1) is 9.11. The number of benzene rings is 1. The number of carbonyl (C=O) groups excluding carboxylic acids is 1. The molecule has 0 unspecified atom stereocenters. The molecule has 0 aliphatic carbocycles. The minimum Gasteiger partial charge on any atom is -0.380 e. The lowest BCUT2D eigenvalue weighted by Crippen LogP contribution is -2.35. The molecule has 1 aliphatic rings. The summed E-state index contributed by atoms with van der Waals surface area (Å²) in [6, 6.07) is 5.32. The molecule has 0 spiro atoms. The molecule has 3 nitrogen and oxygen atoms in total. The first kappa shape index (κ1) is 14.6. The van der Waals surface area contributed by atoms with Crippen LogP contribution in [0.15, 0.2) is 34.3 Å². The summed E-state index contributed by atoms with van der Waals surface area (Å²) in [4.78, 5) is 14.2. The Morgan fingerprint density at radius 2 is 2.32 bits per heavy atom. The molecule has 0 bridgehead atoms. The Kier molecular flexibility index (Phi) is 5.02. The first-order valence-electron chi connectivity index (χ1n) is 6.03. The van der Waals surface area contributed by atoms with Crippen LogP contribution in [0, 0.1) is 0 Å². The van der Waals surface area contributed by atoms with Crippen molar-refractivity contribution in [3.05, 3.63) is 44.9 Å². The quantitative estimate of drug-likeness (QED) is 0.785. The number of amides is 1. The smallest absolute Gasteiger partial charge is 0.255 e. The first-order valence-corrected chi connectivity index (χ1v) is 7.20. The van der Waals surface area contributed by atoms with Crippen LogP contribution in [0.5, 0.6) is 0 Å². The van der Waals surface area contributed by atoms with Gasteiger partial charge in [0.05, 0.1) is 17.2 Å². The molecule has 1 aromatic carbocycles. The molecule has 0 aromatic heterocycles. The Morgan fingerprint density at radius 1 is 1.53 bits per heavy atom. The standard InChI is InChI=1S/C14H15BrClNO2/c1-19-9-10-4-6-17(7-5-10)14(18)12-8-11(15)2-3-13(12)16/h2-4,8H,5-7,9H2,1H3. The lowest BCUT2D eigenvalue weighted by Gasteiger charge is -2.26. The predicted molar refractivity (Wildman–Crippen MR) is 79.6 cm³/mol. The van der Waals surface area contributed by atoms with Crippen LogP contribution < -0.4 is 0 Å². The van der Waals surface area contributed by atoms with Crippen LogP contribution in [0.25, 0.3) is 0 Å². The van der Waals surface area contributed by atoms with Gasteiger partial charge in [0, 0.05) is 24.7 Å². The molecule has 0 N–H and O–H groups in total. The molecule has 1 amide bonds. The molecule has 0 saturated heterocycles. The maximum atomic E-state index is 12.4. The van der Waals surface area contributed by atoms with E-state index >= 15 is 0 Å². The second-order valence-electron chi connectivity index (χ2n) is 4.42. The zero-order valence-electron chi connectivity index (χ0n) is 10.7. The largest absolute Gasteiger partial charge is 0.380 e. The number of ether oxygens (including phenoxy) is 1. The van der Waals surface area contributed by atoms with E-state index in [2.05, 4.69) is 22.0 Å². The highest BCUT2D eigenvalue weighted by Crippen LogP contribution is 2.23. The van der Waals surface area contributed by atoms with Crippen molar-refractivity contribution in [2.75, 3.05) is 26.8 Å². The highest BCUT2D eigenvalue weighted by atomic mass is 79.9. The minimum atomic E-state index is -0.0287. The van der Waals surface area contributed by atoms with Gasteiger partial charge in [0.15, 0.2) is 0 Å². The fraction of sp³-hybridized carbons (Fsp3) is 0.357. The van der Waals surface area contributed by atoms with E-state index in [4.69, 9.17) is 16.3 Å². The Bertz CT molecular complexity index is 516. The van der Waals surface area contributed by atoms with Gasteiger partial charge in [-0.15, -0.1) is 0 Å². The van der Waals surface area contributed by atoms with Gasteiger partial charge in [-0.2, -0.15) is 0 Å². The lowest BCUT2D eigenvalue weighted by molar-refractivity contribution is 0.0765. The van der Waals surface area contributed by atoms with E-state index in [1.165, 1.54) is 5.57 Å². The number of nitrogens with zero attached hydrogens (tertiary/aromatic N) is 1. The highest BCUT2D eigenvalue weighted by molar-refractivity contribution is 9.10. The third-order valence-corrected chi connectivity index (χ3v) is 3.90. The molecule has 19 heavy (non-hydrogen) atoms. The second kappa shape index (κ2) is 6.55. The molecule has 5 heteroatoms. The van der Waals surface area contributed by atoms with Crippen LogP contribution in [0.3, 0.4) is 0 Å². The number of carbonyl (C=O) groups is 1. The van der Waals surface area contributed by atoms with Crippen molar-refractivity contribution in [3.63, 3.8) is 0 Å². The third kappa shape index (κ3) is 3.59. The molecule has 2 rings (SSSR count). The van der Waals surface area contributed by atoms with Crippen LogP contribution >= 0.6 is 27.5 Å². The highest BCUT2D eigenvalue weighted by Gasteiger charge is 2.20. The SMILES string of the molecule is COCC1=CCN(C(=O)c2cc(Br)ccc2Cl)CC1. The van der Waals surface area contributed by atoms with E-state index < -0.39 is 0 Å². The average Bonchev–Trinajstić information content (AvgIpc) is 2.42. The van der Waals surface area contributed by atoms with E-state index in [0.717, 1.165) is 10.9 Å². The van der Waals surface area contributed by atoms with Crippen LogP contribution in [0.4, 0.5) is 0 Å². The average molecular weight is 345 g/mol. The van der Waals surface area contributed by atoms with Crippen LogP contribution in [-0.2, 0) is 4.74 Å². The van der Waals surface area contributed by atoms with Gasteiger partial charge in [0.25, 0.3) is 5.91 Å². The van der Waals surface area contributed by atoms with Crippen molar-refractivity contribution in [2.24, 2.45) is 0 Å². The summed E-state index contributed by atoms with van der Waals surface area (Å²) in [7, 11) is 1.68. The Hall–Kier alpha value is -0.840. The molecule has 102 valence electrons. The molecule has 1 aromatic rings. The fourth-order valence-corrected chi connectivity index (χ4v) is 2.60. The van der Waals surface area contributed by atoms with E-state index in [1.54, 1.807) is 24.1 Å². The van der Waals surface area contributed by atoms with Crippen molar-refractivity contribution in [3.8, 4) is 0 Å². The molecular weight excluding hydrogens is 330 g/mol. The van der Waals surface area contributed by atoms with E-state index in [1.807, 2.05) is 6.07 Å². The number of methoxy groups -OCH3 is 1. The molecule has 0 fully saturated rings. The number of hydrogen-bond donors (Lipinski definition) is 0. The monoisotopic (exact) mass is 343 g/mol. The van der Waals surface area contributed by atoms with Gasteiger partial charge >= 0.3 is 0 Å². The third-order valence-electron chi connectivity index (χ3n) is 3.08. The van der Waals surface area contributed by atoms with Gasteiger partial charge in [-0.05, 0) is 30.2 Å². The molecular formula is C14H15BrClNO2. The van der Waals surface area contributed by atoms with Crippen LogP contribution in [0.2, 0.25) is 5.02 Å². The summed E-state index contributed by atoms with van der Waals surface area (Å²) >= 11 is 9.45. The summed E-state index contributed by atoms with van der Waals surface area (Å²) in [6.07, 6.45) is 2.90. The lowest BCUT2D eigenvalue weighted by atomic mass is 10.1. The minimum absolute atomic E-state index is 0.0287. The Morgan fingerprint density at radius 3 is 2.95 bits per heavy atom. The van der Waals surface area contributed by atoms with Gasteiger partial charge in [-0.25, -0.2) is 0 Å². The number of hydrogen-bond acceptors (Lipinski definition) is 2. The van der Waals surface area contributed by atoms with Gasteiger partial charge in [-0.1, -0.05) is 33.6 Å². The number of rotatable bonds is 3. The Balaban J connectivity index is 2.11. The van der Waals surface area contributed by atoms with Crippen molar-refractivity contribution in [1.82, 2.24) is 4.90 Å². The van der Waals surface area contributed by atoms with Gasteiger partial charge in [0.1, 0.15) is 0 Å². The normalized spacial score (nSPS) is 15.3. The maximum absolute atomic E-state index is 12.4. The van der Waals surface area contributed by atoms with Crippen LogP contribution in [-0.4, -0.2) is 37.6 Å². The predicted octanol–water partition coefficient (Wildman–Crippen LogP) is 3.52. The summed E-state index contributed by atoms with van der Waals surface area (Å²) < 4.78 is 5.95. The Labute approximate surface area is 126 Å². The summed E-state index contributed by atoms with van der Waals surface area (Å²) in [5.41, 5.74) is 1.78. The van der Waals surface area contributed by atoms with E-state index in [9.17, 15) is 4.79 Å². The zero-order chi connectivity index (χ0) is 13.8. The zero-order valence-corrected chi connectivity index (χ0v) is 13.0. The van der Waals surface area contributed by atoms with Gasteiger partial charge in [-0.3, -0.25) is 4.79 Å². The number of halogens is 2. The maximum Gasteiger partial charge on any atom is 0.255 e. The van der Waals surface area contributed by atoms with E-state index in [-0.39, 0.29) is 5.91 Å². The van der Waals surface area contributed by atoms with Gasteiger partial charge in [0.2, 0.25) is 0 Å². The van der Waals surface area contributed by atoms with Crippen molar-refractivity contribution < 1.29 is 9.53 Å². The molecule has 1 heterocycles. The molecule has 0 atom stereocenters. The molecule has 1 aliphatic heterocycles. The van der Waals surface area contributed by atoms with Crippen molar-refractivity contribution in [2.45, 2.75) is 6.42 Å². The van der Waals surface area contributed by atoms with E-state index in [0.29, 0.717) is 30.3 Å².